The van der Waals surface area contributed by atoms with E-state index in [9.17, 15) is 4.79 Å². The van der Waals surface area contributed by atoms with Gasteiger partial charge in [0.1, 0.15) is 0 Å². The normalized spacial score (nSPS) is 10.4. The Kier molecular flexibility index (Phi) is 3.72. The van der Waals surface area contributed by atoms with Crippen LogP contribution >= 0.6 is 27.3 Å². The lowest BCUT2D eigenvalue weighted by molar-refractivity contribution is 0.102. The van der Waals surface area contributed by atoms with Crippen LogP contribution in [0.3, 0.4) is 0 Å². The van der Waals surface area contributed by atoms with E-state index in [-0.39, 0.29) is 11.9 Å². The van der Waals surface area contributed by atoms with E-state index in [1.54, 1.807) is 0 Å². The van der Waals surface area contributed by atoms with Crippen molar-refractivity contribution in [3.05, 3.63) is 31.7 Å². The topological polar surface area (TPSA) is 67.8 Å². The first-order valence-electron chi connectivity index (χ1n) is 5.22. The van der Waals surface area contributed by atoms with E-state index in [1.165, 1.54) is 11.3 Å². The largest absolute Gasteiger partial charge is 0.288 e. The summed E-state index contributed by atoms with van der Waals surface area (Å²) in [6, 6.07) is 1.82. The summed E-state index contributed by atoms with van der Waals surface area (Å²) in [7, 11) is 0. The van der Waals surface area contributed by atoms with Crippen LogP contribution < -0.4 is 5.32 Å². The van der Waals surface area contributed by atoms with E-state index in [0.717, 1.165) is 20.7 Å². The average Bonchev–Trinajstić information content (AvgIpc) is 2.65. The molecule has 7 heteroatoms. The Morgan fingerprint density at radius 1 is 1.28 bits per heavy atom. The van der Waals surface area contributed by atoms with Gasteiger partial charge < -0.3 is 0 Å². The van der Waals surface area contributed by atoms with Crippen LogP contribution in [0.5, 0.6) is 0 Å². The number of aromatic nitrogens is 3. The molecule has 0 aliphatic heterocycles. The lowest BCUT2D eigenvalue weighted by Crippen LogP contribution is -2.14. The molecule has 0 fully saturated rings. The van der Waals surface area contributed by atoms with Gasteiger partial charge in [-0.15, -0.1) is 16.4 Å². The third-order valence-corrected chi connectivity index (χ3v) is 4.53. The molecule has 2 heterocycles. The minimum atomic E-state index is -0.223. The summed E-state index contributed by atoms with van der Waals surface area (Å²) < 4.78 is 0.951. The molecule has 0 aromatic carbocycles. The second kappa shape index (κ2) is 5.11. The van der Waals surface area contributed by atoms with Crippen molar-refractivity contribution >= 4 is 39.1 Å². The molecule has 0 bridgehead atoms. The molecular weight excluding hydrogens is 316 g/mol. The highest BCUT2D eigenvalue weighted by Crippen LogP contribution is 2.27. The van der Waals surface area contributed by atoms with Crippen molar-refractivity contribution in [3.63, 3.8) is 0 Å². The van der Waals surface area contributed by atoms with Gasteiger partial charge in [-0.05, 0) is 48.3 Å². The van der Waals surface area contributed by atoms with Crippen LogP contribution in [0.1, 0.15) is 26.6 Å². The van der Waals surface area contributed by atoms with E-state index in [2.05, 4.69) is 36.4 Å². The maximum atomic E-state index is 11.9. The zero-order chi connectivity index (χ0) is 13.3. The minimum absolute atomic E-state index is 0.223. The summed E-state index contributed by atoms with van der Waals surface area (Å²) in [5, 5.41) is 10.4. The highest BCUT2D eigenvalue weighted by Gasteiger charge is 2.13. The molecule has 0 saturated carbocycles. The third kappa shape index (κ3) is 2.73. The average molecular weight is 327 g/mol. The van der Waals surface area contributed by atoms with Crippen molar-refractivity contribution in [3.8, 4) is 0 Å². The number of hydrogen-bond donors (Lipinski definition) is 1. The van der Waals surface area contributed by atoms with Gasteiger partial charge in [-0.2, -0.15) is 5.10 Å². The lowest BCUT2D eigenvalue weighted by Gasteiger charge is -2.02. The number of carbonyl (C=O) groups is 1. The summed E-state index contributed by atoms with van der Waals surface area (Å²) >= 11 is 4.76. The van der Waals surface area contributed by atoms with E-state index in [4.69, 9.17) is 0 Å². The molecule has 2 rings (SSSR count). The van der Waals surface area contributed by atoms with E-state index < -0.39 is 0 Å². The predicted octanol–water partition coefficient (Wildman–Crippen LogP) is 2.87. The molecule has 0 radical (unpaired) electrons. The van der Waals surface area contributed by atoms with Gasteiger partial charge in [-0.25, -0.2) is 4.98 Å². The molecule has 0 atom stereocenters. The quantitative estimate of drug-likeness (QED) is 0.921. The van der Waals surface area contributed by atoms with Crippen LogP contribution in [0.4, 0.5) is 5.95 Å². The van der Waals surface area contributed by atoms with Crippen molar-refractivity contribution in [1.82, 2.24) is 15.2 Å². The first-order chi connectivity index (χ1) is 8.47. The van der Waals surface area contributed by atoms with Crippen LogP contribution in [0.25, 0.3) is 0 Å². The summed E-state index contributed by atoms with van der Waals surface area (Å²) in [5.41, 5.74) is 2.54. The molecule has 2 aromatic heterocycles. The fourth-order valence-corrected chi connectivity index (χ4v) is 2.67. The number of nitrogens with one attached hydrogen (secondary N) is 1. The van der Waals surface area contributed by atoms with Crippen molar-refractivity contribution < 1.29 is 4.79 Å². The summed E-state index contributed by atoms with van der Waals surface area (Å²) in [5.74, 6) is 0.00382. The third-order valence-electron chi connectivity index (χ3n) is 2.40. The molecule has 0 aliphatic rings. The second-order valence-corrected chi connectivity index (χ2v) is 6.20. The number of rotatable bonds is 2. The summed E-state index contributed by atoms with van der Waals surface area (Å²) in [6.07, 6.45) is 0. The lowest BCUT2D eigenvalue weighted by atomic mass is 10.3. The molecule has 5 nitrogen and oxygen atoms in total. The van der Waals surface area contributed by atoms with Crippen LogP contribution in [-0.4, -0.2) is 21.1 Å². The molecule has 0 unspecified atom stereocenters. The summed E-state index contributed by atoms with van der Waals surface area (Å²) in [4.78, 5) is 16.7. The summed E-state index contributed by atoms with van der Waals surface area (Å²) in [6.45, 7) is 5.58. The Morgan fingerprint density at radius 2 is 2.00 bits per heavy atom. The monoisotopic (exact) mass is 326 g/mol. The van der Waals surface area contributed by atoms with Crippen molar-refractivity contribution in [2.75, 3.05) is 5.32 Å². The van der Waals surface area contributed by atoms with E-state index in [1.807, 2.05) is 26.8 Å². The maximum absolute atomic E-state index is 11.9. The molecule has 0 aliphatic carbocycles. The second-order valence-electron chi connectivity index (χ2n) is 3.83. The van der Waals surface area contributed by atoms with Gasteiger partial charge >= 0.3 is 0 Å². The standard InChI is InChI=1S/C11H11BrN4OS/c1-5-4-8(18-9(5)12)10(17)14-11-13-6(2)7(3)15-16-11/h4H,1-3H3,(H,13,14,16,17). The van der Waals surface area contributed by atoms with Gasteiger partial charge in [-0.3, -0.25) is 10.1 Å². The zero-order valence-corrected chi connectivity index (χ0v) is 12.5. The Labute approximate surface area is 117 Å². The maximum Gasteiger partial charge on any atom is 0.268 e. The molecule has 2 aromatic rings. The fraction of sp³-hybridized carbons (Fsp3) is 0.273. The molecule has 0 saturated heterocycles. The van der Waals surface area contributed by atoms with Crippen molar-refractivity contribution in [1.29, 1.82) is 0 Å². The number of halogens is 1. The highest BCUT2D eigenvalue weighted by molar-refractivity contribution is 9.11. The Morgan fingerprint density at radius 3 is 2.56 bits per heavy atom. The number of aryl methyl sites for hydroxylation is 3. The highest BCUT2D eigenvalue weighted by atomic mass is 79.9. The minimum Gasteiger partial charge on any atom is -0.288 e. The zero-order valence-electron chi connectivity index (χ0n) is 10.1. The first-order valence-corrected chi connectivity index (χ1v) is 6.83. The van der Waals surface area contributed by atoms with Crippen molar-refractivity contribution in [2.24, 2.45) is 0 Å². The van der Waals surface area contributed by atoms with Gasteiger partial charge in [0.05, 0.1) is 20.1 Å². The Hall–Kier alpha value is -1.34. The number of thiophene rings is 1. The Balaban J connectivity index is 2.18. The molecular formula is C11H11BrN4OS. The molecule has 18 heavy (non-hydrogen) atoms. The predicted molar refractivity (Wildman–Crippen MR) is 74.0 cm³/mol. The van der Waals surface area contributed by atoms with Gasteiger partial charge in [0.15, 0.2) is 0 Å². The smallest absolute Gasteiger partial charge is 0.268 e. The van der Waals surface area contributed by atoms with Crippen LogP contribution in [0, 0.1) is 20.8 Å². The number of nitrogens with zero attached hydrogens (tertiary/aromatic N) is 3. The van der Waals surface area contributed by atoms with Crippen LogP contribution in [0.15, 0.2) is 9.85 Å². The van der Waals surface area contributed by atoms with Gasteiger partial charge in [0.25, 0.3) is 5.91 Å². The van der Waals surface area contributed by atoms with E-state index in [0.29, 0.717) is 4.88 Å². The van der Waals surface area contributed by atoms with Gasteiger partial charge in [0, 0.05) is 0 Å². The molecule has 1 N–H and O–H groups in total. The van der Waals surface area contributed by atoms with Crippen LogP contribution in [-0.2, 0) is 0 Å². The molecule has 0 spiro atoms. The molecule has 1 amide bonds. The first kappa shape index (κ1) is 13.1. The van der Waals surface area contributed by atoms with Gasteiger partial charge in [-0.1, -0.05) is 0 Å². The number of anilines is 1. The van der Waals surface area contributed by atoms with E-state index >= 15 is 0 Å². The van der Waals surface area contributed by atoms with Crippen LogP contribution in [0.2, 0.25) is 0 Å². The number of amides is 1. The van der Waals surface area contributed by atoms with Crippen molar-refractivity contribution in [2.45, 2.75) is 20.8 Å². The fourth-order valence-electron chi connectivity index (χ4n) is 1.24. The number of carbonyl (C=O) groups excluding carboxylic acids is 1. The Bertz CT molecular complexity index is 592. The SMILES string of the molecule is Cc1cc(C(=O)Nc2nnc(C)c(C)n2)sc1Br. The molecule has 94 valence electrons. The van der Waals surface area contributed by atoms with Gasteiger partial charge in [0.2, 0.25) is 5.95 Å². The number of hydrogen-bond acceptors (Lipinski definition) is 5.